The van der Waals surface area contributed by atoms with Gasteiger partial charge in [0.25, 0.3) is 0 Å². The van der Waals surface area contributed by atoms with E-state index in [2.05, 4.69) is 22.8 Å². The zero-order chi connectivity index (χ0) is 16.2. The van der Waals surface area contributed by atoms with Crippen LogP contribution in [0.2, 0.25) is 0 Å². The molecule has 0 spiro atoms. The Morgan fingerprint density at radius 3 is 2.65 bits per heavy atom. The minimum atomic E-state index is -0.00735. The summed E-state index contributed by atoms with van der Waals surface area (Å²) in [6, 6.07) is 8.37. The van der Waals surface area contributed by atoms with Gasteiger partial charge in [-0.25, -0.2) is 4.79 Å². The van der Waals surface area contributed by atoms with Gasteiger partial charge in [0.05, 0.1) is 6.04 Å². The van der Waals surface area contributed by atoms with Crippen molar-refractivity contribution in [3.63, 3.8) is 0 Å². The van der Waals surface area contributed by atoms with E-state index in [9.17, 15) is 9.59 Å². The number of nitrogens with zero attached hydrogens (tertiary/aromatic N) is 1. The number of nitrogens with one attached hydrogen (secondary N) is 2. The van der Waals surface area contributed by atoms with Gasteiger partial charge in [0.15, 0.2) is 0 Å². The van der Waals surface area contributed by atoms with Crippen molar-refractivity contribution >= 4 is 23.7 Å². The van der Waals surface area contributed by atoms with Crippen LogP contribution in [0.3, 0.4) is 0 Å². The topological polar surface area (TPSA) is 61.4 Å². The smallest absolute Gasteiger partial charge is 0.317 e. The molecule has 1 fully saturated rings. The molecule has 0 bridgehead atoms. The third-order valence-electron chi connectivity index (χ3n) is 4.66. The predicted octanol–water partition coefficient (Wildman–Crippen LogP) is 2.39. The van der Waals surface area contributed by atoms with Gasteiger partial charge in [-0.2, -0.15) is 0 Å². The second-order valence-corrected chi connectivity index (χ2v) is 7.19. The first kappa shape index (κ1) is 16.2. The highest BCUT2D eigenvalue weighted by Gasteiger charge is 2.29. The van der Waals surface area contributed by atoms with Gasteiger partial charge in [-0.3, -0.25) is 4.79 Å². The molecule has 3 rings (SSSR count). The maximum Gasteiger partial charge on any atom is 0.317 e. The van der Waals surface area contributed by atoms with Gasteiger partial charge in [0.1, 0.15) is 0 Å². The van der Waals surface area contributed by atoms with Crippen molar-refractivity contribution in [2.75, 3.05) is 25.9 Å². The van der Waals surface area contributed by atoms with Crippen LogP contribution in [0.5, 0.6) is 0 Å². The SMILES string of the molecule is CNC(=O)C1CCN(C(=O)N[C@@H]2CCSc3ccccc32)CC1. The summed E-state index contributed by atoms with van der Waals surface area (Å²) < 4.78 is 0. The second-order valence-electron chi connectivity index (χ2n) is 6.05. The monoisotopic (exact) mass is 333 g/mol. The number of fused-ring (bicyclic) bond motifs is 1. The van der Waals surface area contributed by atoms with E-state index in [1.165, 1.54) is 10.5 Å². The average molecular weight is 333 g/mol. The number of carbonyl (C=O) groups excluding carboxylic acids is 2. The second kappa shape index (κ2) is 7.25. The first-order valence-corrected chi connectivity index (χ1v) is 9.16. The summed E-state index contributed by atoms with van der Waals surface area (Å²) in [6.07, 6.45) is 2.44. The third kappa shape index (κ3) is 3.63. The number of hydrogen-bond acceptors (Lipinski definition) is 3. The Kier molecular flexibility index (Phi) is 5.10. The number of likely N-dealkylation sites (tertiary alicyclic amines) is 1. The maximum absolute atomic E-state index is 12.5. The number of thioether (sulfide) groups is 1. The molecule has 1 aromatic carbocycles. The number of amides is 3. The number of carbonyl (C=O) groups is 2. The number of rotatable bonds is 2. The number of hydrogen-bond donors (Lipinski definition) is 2. The normalized spacial score (nSPS) is 21.4. The molecule has 2 N–H and O–H groups in total. The van der Waals surface area contributed by atoms with E-state index in [0.29, 0.717) is 13.1 Å². The minimum Gasteiger partial charge on any atom is -0.359 e. The fourth-order valence-electron chi connectivity index (χ4n) is 3.28. The molecule has 1 atom stereocenters. The Hall–Kier alpha value is -1.69. The predicted molar refractivity (Wildman–Crippen MR) is 91.4 cm³/mol. The summed E-state index contributed by atoms with van der Waals surface area (Å²) in [5.74, 6) is 1.15. The summed E-state index contributed by atoms with van der Waals surface area (Å²) >= 11 is 1.85. The van der Waals surface area contributed by atoms with Crippen LogP contribution in [-0.4, -0.2) is 42.7 Å². The van der Waals surface area contributed by atoms with Crippen LogP contribution in [0.15, 0.2) is 29.2 Å². The molecule has 2 aliphatic heterocycles. The third-order valence-corrected chi connectivity index (χ3v) is 5.78. The Labute approximate surface area is 141 Å². The van der Waals surface area contributed by atoms with Crippen molar-refractivity contribution in [1.82, 2.24) is 15.5 Å². The van der Waals surface area contributed by atoms with Crippen molar-refractivity contribution in [1.29, 1.82) is 0 Å². The van der Waals surface area contributed by atoms with Crippen LogP contribution in [0.25, 0.3) is 0 Å². The fraction of sp³-hybridized carbons (Fsp3) is 0.529. The highest BCUT2D eigenvalue weighted by Crippen LogP contribution is 2.35. The fourth-order valence-corrected chi connectivity index (χ4v) is 4.41. The quantitative estimate of drug-likeness (QED) is 0.873. The Bertz CT molecular complexity index is 585. The molecule has 1 aromatic rings. The van der Waals surface area contributed by atoms with E-state index in [1.54, 1.807) is 7.05 Å². The summed E-state index contributed by atoms with van der Waals surface area (Å²) in [5, 5.41) is 5.87. The van der Waals surface area contributed by atoms with E-state index < -0.39 is 0 Å². The highest BCUT2D eigenvalue weighted by molar-refractivity contribution is 7.99. The summed E-state index contributed by atoms with van der Waals surface area (Å²) in [5.41, 5.74) is 1.22. The molecule has 3 amide bonds. The van der Waals surface area contributed by atoms with Crippen molar-refractivity contribution in [3.05, 3.63) is 29.8 Å². The van der Waals surface area contributed by atoms with Crippen molar-refractivity contribution in [2.24, 2.45) is 5.92 Å². The molecular weight excluding hydrogens is 310 g/mol. The van der Waals surface area contributed by atoms with Crippen LogP contribution >= 0.6 is 11.8 Å². The van der Waals surface area contributed by atoms with E-state index in [1.807, 2.05) is 28.8 Å². The summed E-state index contributed by atoms with van der Waals surface area (Å²) in [7, 11) is 1.67. The van der Waals surface area contributed by atoms with Gasteiger partial charge in [0, 0.05) is 36.7 Å². The Morgan fingerprint density at radius 2 is 1.91 bits per heavy atom. The molecule has 5 nitrogen and oxygen atoms in total. The standard InChI is InChI=1S/C17H23N3O2S/c1-18-16(21)12-6-9-20(10-7-12)17(22)19-14-8-11-23-15-5-3-2-4-13(14)15/h2-5,12,14H,6-11H2,1H3,(H,18,21)(H,19,22)/t14-/m1/s1. The number of piperidine rings is 1. The number of urea groups is 1. The Balaban J connectivity index is 1.58. The lowest BCUT2D eigenvalue weighted by Gasteiger charge is -2.33. The van der Waals surface area contributed by atoms with Gasteiger partial charge < -0.3 is 15.5 Å². The first-order valence-electron chi connectivity index (χ1n) is 8.18. The van der Waals surface area contributed by atoms with Gasteiger partial charge in [-0.05, 0) is 30.9 Å². The Morgan fingerprint density at radius 1 is 1.17 bits per heavy atom. The van der Waals surface area contributed by atoms with Crippen molar-refractivity contribution in [3.8, 4) is 0 Å². The molecule has 0 unspecified atom stereocenters. The summed E-state index contributed by atoms with van der Waals surface area (Å²) in [4.78, 5) is 27.3. The van der Waals surface area contributed by atoms with Crippen LogP contribution in [0.4, 0.5) is 4.79 Å². The largest absolute Gasteiger partial charge is 0.359 e. The molecule has 124 valence electrons. The van der Waals surface area contributed by atoms with Gasteiger partial charge in [0.2, 0.25) is 5.91 Å². The number of benzene rings is 1. The van der Waals surface area contributed by atoms with E-state index in [0.717, 1.165) is 25.0 Å². The first-order chi connectivity index (χ1) is 11.2. The molecule has 0 aliphatic carbocycles. The van der Waals surface area contributed by atoms with Gasteiger partial charge in [-0.15, -0.1) is 11.8 Å². The minimum absolute atomic E-state index is 0.00735. The maximum atomic E-state index is 12.5. The van der Waals surface area contributed by atoms with E-state index >= 15 is 0 Å². The van der Waals surface area contributed by atoms with Crippen LogP contribution < -0.4 is 10.6 Å². The lowest BCUT2D eigenvalue weighted by Crippen LogP contribution is -2.47. The van der Waals surface area contributed by atoms with Crippen molar-refractivity contribution in [2.45, 2.75) is 30.2 Å². The van der Waals surface area contributed by atoms with Crippen LogP contribution in [-0.2, 0) is 4.79 Å². The molecule has 2 aliphatic rings. The van der Waals surface area contributed by atoms with E-state index in [4.69, 9.17) is 0 Å². The lowest BCUT2D eigenvalue weighted by atomic mass is 9.96. The van der Waals surface area contributed by atoms with Gasteiger partial charge in [-0.1, -0.05) is 18.2 Å². The van der Waals surface area contributed by atoms with Crippen LogP contribution in [0.1, 0.15) is 30.9 Å². The summed E-state index contributed by atoms with van der Waals surface area (Å²) in [6.45, 7) is 1.29. The van der Waals surface area contributed by atoms with Crippen molar-refractivity contribution < 1.29 is 9.59 Å². The molecular formula is C17H23N3O2S. The molecule has 0 radical (unpaired) electrons. The average Bonchev–Trinajstić information content (AvgIpc) is 2.61. The molecule has 1 saturated heterocycles. The molecule has 0 aromatic heterocycles. The molecule has 0 saturated carbocycles. The lowest BCUT2D eigenvalue weighted by molar-refractivity contribution is -0.125. The molecule has 6 heteroatoms. The van der Waals surface area contributed by atoms with Crippen LogP contribution in [0, 0.1) is 5.92 Å². The zero-order valence-electron chi connectivity index (χ0n) is 13.4. The molecule has 2 heterocycles. The molecule has 23 heavy (non-hydrogen) atoms. The van der Waals surface area contributed by atoms with Gasteiger partial charge >= 0.3 is 6.03 Å². The van der Waals surface area contributed by atoms with E-state index in [-0.39, 0.29) is 23.9 Å². The zero-order valence-corrected chi connectivity index (χ0v) is 14.2. The highest BCUT2D eigenvalue weighted by atomic mass is 32.2.